The maximum Gasteiger partial charge on any atom is 0.235 e. The lowest BCUT2D eigenvalue weighted by Crippen LogP contribution is -2.40. The van der Waals surface area contributed by atoms with Gasteiger partial charge in [-0.3, -0.25) is 14.5 Å². The van der Waals surface area contributed by atoms with Crippen molar-refractivity contribution in [3.8, 4) is 5.75 Å². The average Bonchev–Trinajstić information content (AvgIpc) is 3.39. The van der Waals surface area contributed by atoms with Gasteiger partial charge in [0.2, 0.25) is 11.8 Å². The molecule has 6 atom stereocenters. The summed E-state index contributed by atoms with van der Waals surface area (Å²) in [4.78, 5) is 27.1. The van der Waals surface area contributed by atoms with Crippen LogP contribution in [-0.4, -0.2) is 30.5 Å². The third-order valence-electron chi connectivity index (χ3n) is 6.29. The second-order valence-electron chi connectivity index (χ2n) is 7.32. The van der Waals surface area contributed by atoms with Gasteiger partial charge in [-0.2, -0.15) is 0 Å². The van der Waals surface area contributed by atoms with Crippen molar-refractivity contribution < 1.29 is 14.3 Å². The van der Waals surface area contributed by atoms with Gasteiger partial charge in [-0.25, -0.2) is 0 Å². The highest BCUT2D eigenvalue weighted by atomic mass is 16.5. The fraction of sp³-hybridized carbons (Fsp3) is 0.474. The molecular weight excluding hydrogens is 304 g/mol. The molecule has 1 aliphatic heterocycles. The molecule has 4 aliphatic carbocycles. The Kier molecular flexibility index (Phi) is 2.84. The third-order valence-corrected chi connectivity index (χ3v) is 6.29. The van der Waals surface area contributed by atoms with Crippen LogP contribution in [0, 0.1) is 35.5 Å². The van der Waals surface area contributed by atoms with E-state index >= 15 is 0 Å². The van der Waals surface area contributed by atoms with E-state index in [0.29, 0.717) is 11.8 Å². The second-order valence-corrected chi connectivity index (χ2v) is 7.32. The predicted molar refractivity (Wildman–Crippen MR) is 88.0 cm³/mol. The largest absolute Gasteiger partial charge is 0.497 e. The molecule has 1 saturated heterocycles. The van der Waals surface area contributed by atoms with E-state index in [0.717, 1.165) is 11.4 Å². The van der Waals surface area contributed by atoms with Crippen LogP contribution in [-0.2, 0) is 9.59 Å². The number of rotatable bonds is 4. The van der Waals surface area contributed by atoms with Gasteiger partial charge in [0.15, 0.2) is 0 Å². The summed E-state index contributed by atoms with van der Waals surface area (Å²) < 4.78 is 5.14. The SMILES string of the molecule is COc1ccc(NCN2C(=O)[C@@H]3[C@H]4C=C[C@@H]([C@@H]5C[C@H]45)[C@H]3C2=O)cc1. The molecule has 2 amide bonds. The van der Waals surface area contributed by atoms with Crippen molar-refractivity contribution in [1.82, 2.24) is 4.90 Å². The molecule has 6 rings (SSSR count). The van der Waals surface area contributed by atoms with E-state index in [1.807, 2.05) is 24.3 Å². The molecule has 1 aromatic carbocycles. The Balaban J connectivity index is 1.33. The number of likely N-dealkylation sites (tertiary alicyclic amines) is 1. The van der Waals surface area contributed by atoms with Crippen LogP contribution >= 0.6 is 0 Å². The Morgan fingerprint density at radius 3 is 2.17 bits per heavy atom. The van der Waals surface area contributed by atoms with Gasteiger partial charge in [-0.15, -0.1) is 0 Å². The Morgan fingerprint density at radius 1 is 1.04 bits per heavy atom. The fourth-order valence-electron chi connectivity index (χ4n) is 5.05. The van der Waals surface area contributed by atoms with E-state index in [-0.39, 0.29) is 42.2 Å². The van der Waals surface area contributed by atoms with E-state index in [1.165, 1.54) is 11.3 Å². The molecule has 3 fully saturated rings. The second kappa shape index (κ2) is 4.85. The number of imide groups is 1. The summed E-state index contributed by atoms with van der Waals surface area (Å²) in [6.45, 7) is 0.242. The minimum atomic E-state index is -0.117. The minimum absolute atomic E-state index is 0.00992. The molecule has 5 nitrogen and oxygen atoms in total. The first-order valence-corrected chi connectivity index (χ1v) is 8.60. The molecule has 5 aliphatic rings. The minimum Gasteiger partial charge on any atom is -0.497 e. The van der Waals surface area contributed by atoms with Crippen molar-refractivity contribution in [2.75, 3.05) is 19.1 Å². The fourth-order valence-corrected chi connectivity index (χ4v) is 5.05. The topological polar surface area (TPSA) is 58.6 Å². The van der Waals surface area contributed by atoms with E-state index < -0.39 is 0 Å². The van der Waals surface area contributed by atoms with Crippen LogP contribution in [0.15, 0.2) is 36.4 Å². The monoisotopic (exact) mass is 324 g/mol. The van der Waals surface area contributed by atoms with Gasteiger partial charge in [0.05, 0.1) is 25.6 Å². The number of methoxy groups -OCH3 is 1. The van der Waals surface area contributed by atoms with Crippen molar-refractivity contribution in [3.63, 3.8) is 0 Å². The van der Waals surface area contributed by atoms with Gasteiger partial charge in [0.1, 0.15) is 5.75 Å². The van der Waals surface area contributed by atoms with Crippen molar-refractivity contribution >= 4 is 17.5 Å². The smallest absolute Gasteiger partial charge is 0.235 e. The van der Waals surface area contributed by atoms with Crippen molar-refractivity contribution in [3.05, 3.63) is 36.4 Å². The highest BCUT2D eigenvalue weighted by molar-refractivity contribution is 6.06. The van der Waals surface area contributed by atoms with E-state index in [2.05, 4.69) is 17.5 Å². The maximum absolute atomic E-state index is 12.8. The first-order chi connectivity index (χ1) is 11.7. The first-order valence-electron chi connectivity index (χ1n) is 8.60. The Hall–Kier alpha value is -2.30. The number of benzene rings is 1. The molecule has 2 saturated carbocycles. The average molecular weight is 324 g/mol. The molecule has 1 aromatic rings. The molecule has 0 unspecified atom stereocenters. The van der Waals surface area contributed by atoms with Gasteiger partial charge in [-0.1, -0.05) is 12.2 Å². The number of nitrogens with zero attached hydrogens (tertiary/aromatic N) is 1. The number of carbonyl (C=O) groups excluding carboxylic acids is 2. The number of hydrogen-bond donors (Lipinski definition) is 1. The molecule has 1 N–H and O–H groups in total. The van der Waals surface area contributed by atoms with Crippen LogP contribution in [0.2, 0.25) is 0 Å². The third kappa shape index (κ3) is 1.81. The number of allylic oxidation sites excluding steroid dienone is 2. The number of ether oxygens (including phenoxy) is 1. The lowest BCUT2D eigenvalue weighted by molar-refractivity contribution is -0.139. The lowest BCUT2D eigenvalue weighted by Gasteiger charge is -2.37. The van der Waals surface area contributed by atoms with Crippen LogP contribution in [0.25, 0.3) is 0 Å². The van der Waals surface area contributed by atoms with Gasteiger partial charge in [0.25, 0.3) is 0 Å². The van der Waals surface area contributed by atoms with Crippen LogP contribution in [0.1, 0.15) is 6.42 Å². The number of nitrogens with one attached hydrogen (secondary N) is 1. The van der Waals surface area contributed by atoms with Gasteiger partial charge < -0.3 is 10.1 Å². The highest BCUT2D eigenvalue weighted by Gasteiger charge is 2.66. The first kappa shape index (κ1) is 14.1. The summed E-state index contributed by atoms with van der Waals surface area (Å²) in [6, 6.07) is 7.48. The number of hydrogen-bond acceptors (Lipinski definition) is 4. The molecular formula is C19H20N2O3. The maximum atomic E-state index is 12.8. The Bertz CT molecular complexity index is 705. The zero-order chi connectivity index (χ0) is 16.4. The normalized spacial score (nSPS) is 38.1. The molecule has 0 radical (unpaired) electrons. The zero-order valence-corrected chi connectivity index (χ0v) is 13.5. The number of anilines is 1. The summed E-state index contributed by atoms with van der Waals surface area (Å²) in [5.41, 5.74) is 0.871. The molecule has 0 aromatic heterocycles. The van der Waals surface area contributed by atoms with E-state index in [1.54, 1.807) is 7.11 Å². The summed E-state index contributed by atoms with van der Waals surface area (Å²) in [6.07, 6.45) is 5.59. The Labute approximate surface area is 140 Å². The lowest BCUT2D eigenvalue weighted by atomic mass is 9.63. The quantitative estimate of drug-likeness (QED) is 0.681. The Morgan fingerprint density at radius 2 is 1.62 bits per heavy atom. The van der Waals surface area contributed by atoms with Crippen LogP contribution in [0.5, 0.6) is 5.75 Å². The van der Waals surface area contributed by atoms with Crippen molar-refractivity contribution in [1.29, 1.82) is 0 Å². The van der Waals surface area contributed by atoms with Crippen molar-refractivity contribution in [2.45, 2.75) is 6.42 Å². The van der Waals surface area contributed by atoms with Crippen molar-refractivity contribution in [2.24, 2.45) is 35.5 Å². The summed E-state index contributed by atoms with van der Waals surface area (Å²) in [7, 11) is 1.62. The van der Waals surface area contributed by atoms with Gasteiger partial charge in [0, 0.05) is 5.69 Å². The van der Waals surface area contributed by atoms with E-state index in [9.17, 15) is 9.59 Å². The molecule has 5 heteroatoms. The molecule has 1 heterocycles. The number of carbonyl (C=O) groups is 2. The molecule has 24 heavy (non-hydrogen) atoms. The predicted octanol–water partition coefficient (Wildman–Crippen LogP) is 2.12. The molecule has 124 valence electrons. The van der Waals surface area contributed by atoms with Crippen LogP contribution in [0.4, 0.5) is 5.69 Å². The van der Waals surface area contributed by atoms with Gasteiger partial charge in [-0.05, 0) is 54.4 Å². The van der Waals surface area contributed by atoms with Gasteiger partial charge >= 0.3 is 0 Å². The molecule has 2 bridgehead atoms. The van der Waals surface area contributed by atoms with Crippen LogP contribution in [0.3, 0.4) is 0 Å². The summed E-state index contributed by atoms with van der Waals surface area (Å²) >= 11 is 0. The molecule has 0 spiro atoms. The standard InChI is InChI=1S/C19H20N2O3/c1-24-11-4-2-10(3-5-11)20-9-21-18(22)16-12-6-7-13(15-8-14(12)15)17(16)19(21)23/h2-7,12-17,20H,8-9H2,1H3/t12-,13-,14-,15+,16+,17+/m0/s1. The summed E-state index contributed by atoms with van der Waals surface area (Å²) in [5, 5.41) is 3.19. The highest BCUT2D eigenvalue weighted by Crippen LogP contribution is 2.65. The number of amides is 2. The summed E-state index contributed by atoms with van der Waals surface area (Å²) in [5.74, 6) is 2.43. The zero-order valence-electron chi connectivity index (χ0n) is 13.5. The van der Waals surface area contributed by atoms with E-state index in [4.69, 9.17) is 4.74 Å². The van der Waals surface area contributed by atoms with Crippen LogP contribution < -0.4 is 10.1 Å².